The first kappa shape index (κ1) is 20.8. The second-order valence-corrected chi connectivity index (χ2v) is 9.76. The van der Waals surface area contributed by atoms with Crippen LogP contribution in [-0.2, 0) is 6.54 Å². The Labute approximate surface area is 191 Å². The van der Waals surface area contributed by atoms with Crippen LogP contribution in [0, 0.1) is 23.5 Å². The molecule has 170 valence electrons. The lowest BCUT2D eigenvalue weighted by Gasteiger charge is -2.57. The fourth-order valence-electron chi connectivity index (χ4n) is 7.27. The van der Waals surface area contributed by atoms with E-state index in [1.165, 1.54) is 18.2 Å². The molecule has 3 heterocycles. The number of methoxy groups -OCH3 is 1. The van der Waals surface area contributed by atoms with Crippen LogP contribution < -0.4 is 4.74 Å². The Morgan fingerprint density at radius 1 is 1.27 bits per heavy atom. The lowest BCUT2D eigenvalue weighted by atomic mass is 9.86. The molecule has 6 heteroatoms. The quantitative estimate of drug-likeness (QED) is 0.429. The maximum Gasteiger partial charge on any atom is 0.135 e. The van der Waals surface area contributed by atoms with Crippen molar-refractivity contribution in [1.82, 2.24) is 4.98 Å². The summed E-state index contributed by atoms with van der Waals surface area (Å²) in [5.41, 5.74) is 1.62. The summed E-state index contributed by atoms with van der Waals surface area (Å²) in [4.78, 5) is 4.45. The molecule has 1 spiro atoms. The van der Waals surface area contributed by atoms with Gasteiger partial charge >= 0.3 is 0 Å². The van der Waals surface area contributed by atoms with E-state index in [2.05, 4.69) is 11.6 Å². The molecule has 3 fully saturated rings. The molecule has 2 aliphatic heterocycles. The van der Waals surface area contributed by atoms with Crippen molar-refractivity contribution in [3.05, 3.63) is 84.1 Å². The molecule has 1 N–H and O–H groups in total. The van der Waals surface area contributed by atoms with Crippen LogP contribution in [0.2, 0.25) is 0 Å². The van der Waals surface area contributed by atoms with Gasteiger partial charge in [0.05, 0.1) is 31.2 Å². The molecule has 0 amide bonds. The molecule has 1 aromatic heterocycles. The van der Waals surface area contributed by atoms with E-state index in [1.807, 2.05) is 30.3 Å². The standard InChI is InChI=1S/C27H27F2N2O2/c1-3-20-21-14-25(26(32)17-9-11-30-24-8-7-16(33-2)13-18(17)24)31(12-10-27(20,21)31)15-19-22(28)5-4-6-23(19)29/h3-9,11,13,20-21,25-26,32H,1,10,12,14-15H2,2H3/q+1/t20?,21?,25?,26-,27?,31?/m0/s1. The van der Waals surface area contributed by atoms with Crippen molar-refractivity contribution in [2.45, 2.75) is 37.1 Å². The van der Waals surface area contributed by atoms with Gasteiger partial charge in [-0.2, -0.15) is 0 Å². The molecule has 5 unspecified atom stereocenters. The van der Waals surface area contributed by atoms with E-state index in [-0.39, 0.29) is 23.7 Å². The summed E-state index contributed by atoms with van der Waals surface area (Å²) >= 11 is 0. The molecule has 6 atom stereocenters. The molecule has 1 saturated carbocycles. The number of aliphatic hydroxyl groups is 1. The number of hydrogen-bond donors (Lipinski definition) is 1. The number of rotatable bonds is 6. The number of benzene rings is 2. The molecule has 2 aromatic carbocycles. The van der Waals surface area contributed by atoms with E-state index in [0.717, 1.165) is 35.9 Å². The second-order valence-electron chi connectivity index (χ2n) is 9.76. The number of halogens is 2. The zero-order chi connectivity index (χ0) is 23.0. The average Bonchev–Trinajstić information content (AvgIpc) is 3.46. The summed E-state index contributed by atoms with van der Waals surface area (Å²) in [6.07, 6.45) is 4.74. The van der Waals surface area contributed by atoms with Gasteiger partial charge in [0.2, 0.25) is 0 Å². The van der Waals surface area contributed by atoms with Crippen LogP contribution in [0.5, 0.6) is 5.75 Å². The van der Waals surface area contributed by atoms with E-state index in [4.69, 9.17) is 4.74 Å². The highest BCUT2D eigenvalue weighted by Crippen LogP contribution is 2.75. The number of piperidine rings is 1. The monoisotopic (exact) mass is 449 g/mol. The van der Waals surface area contributed by atoms with Crippen LogP contribution in [0.3, 0.4) is 0 Å². The van der Waals surface area contributed by atoms with Gasteiger partial charge in [-0.3, -0.25) is 4.98 Å². The fraction of sp³-hybridized carbons (Fsp3) is 0.370. The maximum atomic E-state index is 14.7. The third-order valence-electron chi connectivity index (χ3n) is 8.84. The number of aliphatic hydroxyl groups excluding tert-OH is 1. The number of hydrogen-bond acceptors (Lipinski definition) is 3. The summed E-state index contributed by atoms with van der Waals surface area (Å²) in [6.45, 7) is 5.08. The van der Waals surface area contributed by atoms with Crippen LogP contribution in [0.25, 0.3) is 10.9 Å². The number of aromatic nitrogens is 1. The Bertz CT molecular complexity index is 1260. The summed E-state index contributed by atoms with van der Waals surface area (Å²) < 4.78 is 35.4. The van der Waals surface area contributed by atoms with Gasteiger partial charge in [0.15, 0.2) is 0 Å². The van der Waals surface area contributed by atoms with Gasteiger partial charge in [-0.25, -0.2) is 8.78 Å². The molecular weight excluding hydrogens is 422 g/mol. The fourth-order valence-corrected chi connectivity index (χ4v) is 7.27. The van der Waals surface area contributed by atoms with Crippen LogP contribution in [0.1, 0.15) is 30.1 Å². The van der Waals surface area contributed by atoms with Crippen molar-refractivity contribution >= 4 is 10.9 Å². The van der Waals surface area contributed by atoms with E-state index in [1.54, 1.807) is 13.3 Å². The van der Waals surface area contributed by atoms with E-state index in [9.17, 15) is 13.9 Å². The predicted octanol–water partition coefficient (Wildman–Crippen LogP) is 4.92. The van der Waals surface area contributed by atoms with Crippen LogP contribution in [0.4, 0.5) is 8.78 Å². The highest BCUT2D eigenvalue weighted by Gasteiger charge is 2.86. The van der Waals surface area contributed by atoms with Gasteiger partial charge in [0.1, 0.15) is 41.6 Å². The largest absolute Gasteiger partial charge is 0.497 e. The van der Waals surface area contributed by atoms with E-state index in [0.29, 0.717) is 22.1 Å². The maximum absolute atomic E-state index is 14.7. The summed E-state index contributed by atoms with van der Waals surface area (Å²) in [5, 5.41) is 12.6. The van der Waals surface area contributed by atoms with Gasteiger partial charge in [-0.05, 0) is 42.0 Å². The second kappa shape index (κ2) is 7.08. The Balaban J connectivity index is 1.45. The number of nitrogens with zero attached hydrogens (tertiary/aromatic N) is 2. The predicted molar refractivity (Wildman–Crippen MR) is 121 cm³/mol. The van der Waals surface area contributed by atoms with Crippen LogP contribution >= 0.6 is 0 Å². The summed E-state index contributed by atoms with van der Waals surface area (Å²) in [6, 6.07) is 11.4. The zero-order valence-corrected chi connectivity index (χ0v) is 18.5. The lowest BCUT2D eigenvalue weighted by molar-refractivity contribution is -1.03. The molecule has 33 heavy (non-hydrogen) atoms. The minimum Gasteiger partial charge on any atom is -0.497 e. The first-order valence-electron chi connectivity index (χ1n) is 11.5. The SMILES string of the molecule is C=CC1C2CC([C@@H](O)c3ccnc4ccc(OC)cc34)[N+]3(Cc4c(F)cccc4F)CCC123. The smallest absolute Gasteiger partial charge is 0.135 e. The Morgan fingerprint density at radius 2 is 2.06 bits per heavy atom. The molecule has 0 bridgehead atoms. The van der Waals surface area contributed by atoms with Crippen molar-refractivity contribution < 1.29 is 23.1 Å². The first-order valence-corrected chi connectivity index (χ1v) is 11.5. The normalized spacial score (nSPS) is 32.5. The third kappa shape index (κ3) is 2.59. The highest BCUT2D eigenvalue weighted by atomic mass is 19.1. The molecule has 0 radical (unpaired) electrons. The molecule has 3 aliphatic rings. The average molecular weight is 450 g/mol. The molecule has 4 nitrogen and oxygen atoms in total. The number of fused-ring (bicyclic) bond motifs is 1. The van der Waals surface area contributed by atoms with Gasteiger partial charge in [0.25, 0.3) is 0 Å². The number of pyridine rings is 1. The van der Waals surface area contributed by atoms with Crippen molar-refractivity contribution in [2.75, 3.05) is 13.7 Å². The van der Waals surface area contributed by atoms with Gasteiger partial charge < -0.3 is 14.3 Å². The molecule has 1 aliphatic carbocycles. The first-order chi connectivity index (χ1) is 16.0. The summed E-state index contributed by atoms with van der Waals surface area (Å²) in [5.74, 6) is 0.384. The van der Waals surface area contributed by atoms with E-state index < -0.39 is 17.7 Å². The van der Waals surface area contributed by atoms with Gasteiger partial charge in [0, 0.05) is 29.8 Å². The lowest BCUT2D eigenvalue weighted by Crippen LogP contribution is -2.70. The molecule has 2 saturated heterocycles. The molecular formula is C27H27F2N2O2+. The molecule has 3 aromatic rings. The summed E-state index contributed by atoms with van der Waals surface area (Å²) in [7, 11) is 1.61. The minimum absolute atomic E-state index is 0.0668. The number of quaternary nitrogens is 1. The Hall–Kier alpha value is -2.83. The Kier molecular flexibility index (Phi) is 4.45. The highest BCUT2D eigenvalue weighted by molar-refractivity contribution is 5.84. The molecule has 6 rings (SSSR count). The Morgan fingerprint density at radius 3 is 2.73 bits per heavy atom. The van der Waals surface area contributed by atoms with Crippen molar-refractivity contribution in [3.8, 4) is 5.75 Å². The van der Waals surface area contributed by atoms with E-state index >= 15 is 0 Å². The van der Waals surface area contributed by atoms with Gasteiger partial charge in [-0.1, -0.05) is 12.1 Å². The van der Waals surface area contributed by atoms with Crippen LogP contribution in [0.15, 0.2) is 61.3 Å². The van der Waals surface area contributed by atoms with Gasteiger partial charge in [-0.15, -0.1) is 6.58 Å². The third-order valence-corrected chi connectivity index (χ3v) is 8.84. The zero-order valence-electron chi connectivity index (χ0n) is 18.5. The van der Waals surface area contributed by atoms with Crippen molar-refractivity contribution in [3.63, 3.8) is 0 Å². The minimum atomic E-state index is -0.784. The van der Waals surface area contributed by atoms with Crippen LogP contribution in [-0.4, -0.2) is 39.8 Å². The topological polar surface area (TPSA) is 42.4 Å². The van der Waals surface area contributed by atoms with Crippen molar-refractivity contribution in [2.24, 2.45) is 11.8 Å². The number of ether oxygens (including phenoxy) is 1. The van der Waals surface area contributed by atoms with Crippen molar-refractivity contribution in [1.29, 1.82) is 0 Å².